The van der Waals surface area contributed by atoms with Crippen LogP contribution in [0.15, 0.2) is 36.7 Å². The second-order valence-electron chi connectivity index (χ2n) is 5.06. The summed E-state index contributed by atoms with van der Waals surface area (Å²) in [4.78, 5) is 24.6. The van der Waals surface area contributed by atoms with Crippen molar-refractivity contribution < 1.29 is 14.3 Å². The van der Waals surface area contributed by atoms with Crippen LogP contribution in [0, 0.1) is 0 Å². The number of anilines is 2. The highest BCUT2D eigenvalue weighted by Gasteiger charge is 2.28. The molecule has 0 saturated carbocycles. The average Bonchev–Trinajstić information content (AvgIpc) is 2.61. The van der Waals surface area contributed by atoms with Crippen LogP contribution in [0.3, 0.4) is 0 Å². The zero-order valence-electron chi connectivity index (χ0n) is 13.1. The molecule has 1 fully saturated rings. The summed E-state index contributed by atoms with van der Waals surface area (Å²) in [6.07, 6.45) is 3.16. The predicted molar refractivity (Wildman–Crippen MR) is 86.1 cm³/mol. The van der Waals surface area contributed by atoms with Crippen LogP contribution in [0.2, 0.25) is 0 Å². The SMILES string of the molecule is COc1cccc(N2CCN(c3nccnc3OC)CC2=O)c1. The van der Waals surface area contributed by atoms with E-state index in [0.717, 1.165) is 11.4 Å². The van der Waals surface area contributed by atoms with Gasteiger partial charge >= 0.3 is 0 Å². The summed E-state index contributed by atoms with van der Waals surface area (Å²) in [5.74, 6) is 1.74. The number of rotatable bonds is 4. The maximum Gasteiger partial charge on any atom is 0.257 e. The number of ether oxygens (including phenoxy) is 2. The summed E-state index contributed by atoms with van der Waals surface area (Å²) in [6.45, 7) is 1.44. The molecule has 1 aromatic heterocycles. The minimum atomic E-state index is -0.00258. The van der Waals surface area contributed by atoms with Gasteiger partial charge in [0.05, 0.1) is 20.8 Å². The van der Waals surface area contributed by atoms with E-state index in [4.69, 9.17) is 9.47 Å². The van der Waals surface area contributed by atoms with Crippen molar-refractivity contribution in [2.75, 3.05) is 43.7 Å². The Kier molecular flexibility index (Phi) is 4.27. The number of carbonyl (C=O) groups is 1. The number of nitrogens with zero attached hydrogens (tertiary/aromatic N) is 4. The molecule has 23 heavy (non-hydrogen) atoms. The third-order valence-corrected chi connectivity index (χ3v) is 3.73. The molecule has 1 aliphatic heterocycles. The molecule has 0 aliphatic carbocycles. The van der Waals surface area contributed by atoms with Gasteiger partial charge in [-0.05, 0) is 12.1 Å². The van der Waals surface area contributed by atoms with E-state index in [1.807, 2.05) is 29.2 Å². The third kappa shape index (κ3) is 3.03. The first kappa shape index (κ1) is 15.1. The molecule has 1 aliphatic rings. The summed E-state index contributed by atoms with van der Waals surface area (Å²) >= 11 is 0. The van der Waals surface area contributed by atoms with Crippen LogP contribution < -0.4 is 19.3 Å². The average molecular weight is 314 g/mol. The van der Waals surface area contributed by atoms with E-state index in [-0.39, 0.29) is 12.5 Å². The van der Waals surface area contributed by atoms with Crippen molar-refractivity contribution in [1.29, 1.82) is 0 Å². The lowest BCUT2D eigenvalue weighted by Gasteiger charge is -2.35. The standard InChI is InChI=1S/C16H18N4O3/c1-22-13-5-3-4-12(10-13)20-9-8-19(11-14(20)21)15-16(23-2)18-7-6-17-15/h3-7,10H,8-9,11H2,1-2H3. The van der Waals surface area contributed by atoms with Crippen LogP contribution >= 0.6 is 0 Å². The van der Waals surface area contributed by atoms with Crippen molar-refractivity contribution in [2.24, 2.45) is 0 Å². The van der Waals surface area contributed by atoms with Gasteiger partial charge in [-0.15, -0.1) is 0 Å². The highest BCUT2D eigenvalue weighted by atomic mass is 16.5. The first-order valence-corrected chi connectivity index (χ1v) is 7.27. The third-order valence-electron chi connectivity index (χ3n) is 3.73. The quantitative estimate of drug-likeness (QED) is 0.848. The van der Waals surface area contributed by atoms with Gasteiger partial charge in [-0.1, -0.05) is 6.07 Å². The number of hydrogen-bond donors (Lipinski definition) is 0. The van der Waals surface area contributed by atoms with Crippen LogP contribution in [0.4, 0.5) is 11.5 Å². The Balaban J connectivity index is 1.78. The Hall–Kier alpha value is -2.83. The first-order valence-electron chi connectivity index (χ1n) is 7.27. The molecule has 120 valence electrons. The fraction of sp³-hybridized carbons (Fsp3) is 0.312. The molecule has 0 unspecified atom stereocenters. The highest BCUT2D eigenvalue weighted by molar-refractivity contribution is 5.97. The Morgan fingerprint density at radius 3 is 2.65 bits per heavy atom. The predicted octanol–water partition coefficient (Wildman–Crippen LogP) is 1.35. The molecule has 0 atom stereocenters. The summed E-state index contributed by atoms with van der Waals surface area (Å²) in [5.41, 5.74) is 0.833. The monoisotopic (exact) mass is 314 g/mol. The van der Waals surface area contributed by atoms with Crippen molar-refractivity contribution in [2.45, 2.75) is 0 Å². The number of benzene rings is 1. The normalized spacial score (nSPS) is 14.8. The van der Waals surface area contributed by atoms with E-state index in [9.17, 15) is 4.79 Å². The number of carbonyl (C=O) groups excluding carboxylic acids is 1. The van der Waals surface area contributed by atoms with Gasteiger partial charge in [-0.2, -0.15) is 0 Å². The lowest BCUT2D eigenvalue weighted by Crippen LogP contribution is -2.51. The molecule has 2 aromatic rings. The van der Waals surface area contributed by atoms with Gasteiger partial charge in [-0.3, -0.25) is 4.79 Å². The van der Waals surface area contributed by atoms with Gasteiger partial charge < -0.3 is 19.3 Å². The van der Waals surface area contributed by atoms with Gasteiger partial charge in [0.2, 0.25) is 5.91 Å². The zero-order chi connectivity index (χ0) is 16.2. The molecule has 0 radical (unpaired) electrons. The number of aromatic nitrogens is 2. The summed E-state index contributed by atoms with van der Waals surface area (Å²) in [7, 11) is 3.15. The fourth-order valence-corrected chi connectivity index (χ4v) is 2.58. The van der Waals surface area contributed by atoms with Crippen LogP contribution in [0.5, 0.6) is 11.6 Å². The molecule has 1 saturated heterocycles. The second kappa shape index (κ2) is 6.51. The maximum atomic E-state index is 12.5. The number of hydrogen-bond acceptors (Lipinski definition) is 6. The molecule has 0 N–H and O–H groups in total. The Bertz CT molecular complexity index is 707. The van der Waals surface area contributed by atoms with Crippen molar-refractivity contribution in [3.05, 3.63) is 36.7 Å². The van der Waals surface area contributed by atoms with Crippen molar-refractivity contribution in [3.63, 3.8) is 0 Å². The Morgan fingerprint density at radius 1 is 1.09 bits per heavy atom. The van der Waals surface area contributed by atoms with Crippen molar-refractivity contribution in [1.82, 2.24) is 9.97 Å². The Labute approximate surface area is 134 Å². The second-order valence-corrected chi connectivity index (χ2v) is 5.06. The summed E-state index contributed by atoms with van der Waals surface area (Å²) in [6, 6.07) is 7.49. The van der Waals surface area contributed by atoms with E-state index in [1.54, 1.807) is 31.5 Å². The lowest BCUT2D eigenvalue weighted by atomic mass is 10.2. The van der Waals surface area contributed by atoms with Gasteiger partial charge in [0, 0.05) is 37.2 Å². The molecule has 7 nitrogen and oxygen atoms in total. The van der Waals surface area contributed by atoms with E-state index >= 15 is 0 Å². The molecule has 7 heteroatoms. The molecular weight excluding hydrogens is 296 g/mol. The van der Waals surface area contributed by atoms with Crippen molar-refractivity contribution >= 4 is 17.4 Å². The molecule has 1 aromatic carbocycles. The Morgan fingerprint density at radius 2 is 1.91 bits per heavy atom. The molecule has 0 bridgehead atoms. The lowest BCUT2D eigenvalue weighted by molar-refractivity contribution is -0.117. The topological polar surface area (TPSA) is 67.8 Å². The number of amides is 1. The van der Waals surface area contributed by atoms with Crippen LogP contribution in [-0.2, 0) is 4.79 Å². The minimum Gasteiger partial charge on any atom is -0.497 e. The number of piperazine rings is 1. The van der Waals surface area contributed by atoms with Gasteiger partial charge in [0.15, 0.2) is 5.82 Å². The van der Waals surface area contributed by atoms with Crippen molar-refractivity contribution in [3.8, 4) is 11.6 Å². The zero-order valence-corrected chi connectivity index (χ0v) is 13.1. The van der Waals surface area contributed by atoms with Gasteiger partial charge in [-0.25, -0.2) is 9.97 Å². The maximum absolute atomic E-state index is 12.5. The van der Waals surface area contributed by atoms with Crippen LogP contribution in [-0.4, -0.2) is 49.7 Å². The summed E-state index contributed by atoms with van der Waals surface area (Å²) in [5, 5.41) is 0. The number of methoxy groups -OCH3 is 2. The largest absolute Gasteiger partial charge is 0.497 e. The van der Waals surface area contributed by atoms with Gasteiger partial charge in [0.25, 0.3) is 5.88 Å². The van der Waals surface area contributed by atoms with E-state index in [0.29, 0.717) is 24.8 Å². The minimum absolute atomic E-state index is 0.00258. The van der Waals surface area contributed by atoms with E-state index in [1.165, 1.54) is 0 Å². The van der Waals surface area contributed by atoms with E-state index < -0.39 is 0 Å². The van der Waals surface area contributed by atoms with Crippen LogP contribution in [0.1, 0.15) is 0 Å². The molecule has 0 spiro atoms. The molecule has 3 rings (SSSR count). The molecule has 2 heterocycles. The molecular formula is C16H18N4O3. The van der Waals surface area contributed by atoms with Crippen LogP contribution in [0.25, 0.3) is 0 Å². The first-order chi connectivity index (χ1) is 11.2. The molecule has 1 amide bonds. The highest BCUT2D eigenvalue weighted by Crippen LogP contribution is 2.26. The summed E-state index contributed by atoms with van der Waals surface area (Å²) < 4.78 is 10.4. The smallest absolute Gasteiger partial charge is 0.257 e. The fourth-order valence-electron chi connectivity index (χ4n) is 2.58. The van der Waals surface area contributed by atoms with E-state index in [2.05, 4.69) is 9.97 Å². The van der Waals surface area contributed by atoms with Gasteiger partial charge in [0.1, 0.15) is 5.75 Å².